The molecule has 0 bridgehead atoms. The Kier molecular flexibility index (Phi) is 3.41. The molecule has 1 fully saturated rings. The average Bonchev–Trinajstić information content (AvgIpc) is 3.30. The maximum Gasteiger partial charge on any atom is 0.254 e. The first-order valence-electron chi connectivity index (χ1n) is 6.57. The minimum absolute atomic E-state index is 0.0453. The minimum Gasteiger partial charge on any atom is -0.346 e. The molecule has 1 aliphatic carbocycles. The molecule has 1 heterocycles. The molecule has 0 saturated heterocycles. The SMILES string of the molecule is O=C(NCc1cc(C2CC2)ncn1)c1ccccc1F. The van der Waals surface area contributed by atoms with Crippen molar-refractivity contribution in [3.8, 4) is 0 Å². The number of hydrogen-bond acceptors (Lipinski definition) is 3. The van der Waals surface area contributed by atoms with Gasteiger partial charge in [0.2, 0.25) is 0 Å². The van der Waals surface area contributed by atoms with Gasteiger partial charge in [0.25, 0.3) is 5.91 Å². The van der Waals surface area contributed by atoms with E-state index in [1.54, 1.807) is 12.1 Å². The first-order valence-corrected chi connectivity index (χ1v) is 6.57. The predicted molar refractivity (Wildman–Crippen MR) is 71.6 cm³/mol. The number of carbonyl (C=O) groups is 1. The van der Waals surface area contributed by atoms with E-state index in [2.05, 4.69) is 15.3 Å². The molecule has 1 aromatic carbocycles. The fourth-order valence-electron chi connectivity index (χ4n) is 2.03. The van der Waals surface area contributed by atoms with Crippen molar-refractivity contribution in [3.63, 3.8) is 0 Å². The molecule has 102 valence electrons. The lowest BCUT2D eigenvalue weighted by atomic mass is 10.2. The van der Waals surface area contributed by atoms with Crippen LogP contribution in [-0.2, 0) is 6.54 Å². The number of carbonyl (C=O) groups excluding carboxylic acids is 1. The topological polar surface area (TPSA) is 54.9 Å². The van der Waals surface area contributed by atoms with Crippen LogP contribution < -0.4 is 5.32 Å². The van der Waals surface area contributed by atoms with Gasteiger partial charge in [0.1, 0.15) is 12.1 Å². The minimum atomic E-state index is -0.522. The third kappa shape index (κ3) is 2.82. The highest BCUT2D eigenvalue weighted by Crippen LogP contribution is 2.38. The molecule has 5 heteroatoms. The van der Waals surface area contributed by atoms with Crippen molar-refractivity contribution in [3.05, 3.63) is 59.4 Å². The van der Waals surface area contributed by atoms with Crippen LogP contribution in [0.5, 0.6) is 0 Å². The van der Waals surface area contributed by atoms with Gasteiger partial charge in [0, 0.05) is 11.6 Å². The summed E-state index contributed by atoms with van der Waals surface area (Å²) in [6.07, 6.45) is 3.84. The van der Waals surface area contributed by atoms with E-state index >= 15 is 0 Å². The molecule has 0 unspecified atom stereocenters. The van der Waals surface area contributed by atoms with Crippen molar-refractivity contribution < 1.29 is 9.18 Å². The molecule has 4 nitrogen and oxygen atoms in total. The summed E-state index contributed by atoms with van der Waals surface area (Å²) in [5.41, 5.74) is 1.81. The fourth-order valence-corrected chi connectivity index (χ4v) is 2.03. The Labute approximate surface area is 116 Å². The van der Waals surface area contributed by atoms with Crippen LogP contribution >= 0.6 is 0 Å². The fraction of sp³-hybridized carbons (Fsp3) is 0.267. The van der Waals surface area contributed by atoms with E-state index in [9.17, 15) is 9.18 Å². The predicted octanol–water partition coefficient (Wildman–Crippen LogP) is 2.42. The smallest absolute Gasteiger partial charge is 0.254 e. The number of amides is 1. The zero-order chi connectivity index (χ0) is 13.9. The maximum atomic E-state index is 13.5. The molecule has 2 aromatic rings. The normalized spacial score (nSPS) is 14.1. The molecule has 0 atom stereocenters. The lowest BCUT2D eigenvalue weighted by molar-refractivity contribution is 0.0946. The van der Waals surface area contributed by atoms with Crippen LogP contribution in [0.15, 0.2) is 36.7 Å². The van der Waals surface area contributed by atoms with Crippen molar-refractivity contribution in [2.24, 2.45) is 0 Å². The van der Waals surface area contributed by atoms with Crippen molar-refractivity contribution in [1.29, 1.82) is 0 Å². The molecule has 0 spiro atoms. The first kappa shape index (κ1) is 12.7. The van der Waals surface area contributed by atoms with E-state index in [4.69, 9.17) is 0 Å². The van der Waals surface area contributed by atoms with E-state index in [1.807, 2.05) is 6.07 Å². The average molecular weight is 271 g/mol. The van der Waals surface area contributed by atoms with E-state index in [-0.39, 0.29) is 12.1 Å². The summed E-state index contributed by atoms with van der Waals surface area (Å²) < 4.78 is 13.5. The van der Waals surface area contributed by atoms with Gasteiger partial charge in [0.15, 0.2) is 0 Å². The second kappa shape index (κ2) is 5.36. The monoisotopic (exact) mass is 271 g/mol. The summed E-state index contributed by atoms with van der Waals surface area (Å²) in [4.78, 5) is 20.2. The number of nitrogens with zero attached hydrogens (tertiary/aromatic N) is 2. The largest absolute Gasteiger partial charge is 0.346 e. The summed E-state index contributed by atoms with van der Waals surface area (Å²) in [5, 5.41) is 2.67. The number of hydrogen-bond donors (Lipinski definition) is 1. The Balaban J connectivity index is 1.66. The van der Waals surface area contributed by atoms with Gasteiger partial charge in [-0.25, -0.2) is 14.4 Å². The molecule has 3 rings (SSSR count). The Hall–Kier alpha value is -2.30. The van der Waals surface area contributed by atoms with Gasteiger partial charge in [0.05, 0.1) is 17.8 Å². The Morgan fingerprint density at radius 2 is 2.10 bits per heavy atom. The van der Waals surface area contributed by atoms with Crippen molar-refractivity contribution in [1.82, 2.24) is 15.3 Å². The standard InChI is InChI=1S/C15H14FN3O/c16-13-4-2-1-3-12(13)15(20)17-8-11-7-14(10-5-6-10)19-9-18-11/h1-4,7,9-10H,5-6,8H2,(H,17,20). The van der Waals surface area contributed by atoms with Crippen LogP contribution in [0.25, 0.3) is 0 Å². The van der Waals surface area contributed by atoms with Crippen LogP contribution in [0.3, 0.4) is 0 Å². The van der Waals surface area contributed by atoms with Crippen LogP contribution in [0.4, 0.5) is 4.39 Å². The first-order chi connectivity index (χ1) is 9.74. The highest BCUT2D eigenvalue weighted by molar-refractivity contribution is 5.94. The van der Waals surface area contributed by atoms with Gasteiger partial charge in [-0.05, 0) is 31.0 Å². The molecule has 1 amide bonds. The number of benzene rings is 1. The molecule has 0 radical (unpaired) electrons. The number of halogens is 1. The molecule has 0 aliphatic heterocycles. The lowest BCUT2D eigenvalue weighted by Gasteiger charge is -2.06. The van der Waals surface area contributed by atoms with E-state index in [1.165, 1.54) is 18.5 Å². The van der Waals surface area contributed by atoms with Crippen molar-refractivity contribution in [2.75, 3.05) is 0 Å². The summed E-state index contributed by atoms with van der Waals surface area (Å²) in [6.45, 7) is 0.273. The van der Waals surface area contributed by atoms with E-state index in [0.717, 1.165) is 24.2 Å². The summed E-state index contributed by atoms with van der Waals surface area (Å²) in [6, 6.07) is 7.82. The zero-order valence-corrected chi connectivity index (χ0v) is 10.8. The zero-order valence-electron chi connectivity index (χ0n) is 10.8. The van der Waals surface area contributed by atoms with Gasteiger partial charge in [-0.1, -0.05) is 12.1 Å². The third-order valence-electron chi connectivity index (χ3n) is 3.29. The molecule has 1 aliphatic rings. The highest BCUT2D eigenvalue weighted by atomic mass is 19.1. The van der Waals surface area contributed by atoms with Crippen LogP contribution in [0.1, 0.15) is 40.5 Å². The third-order valence-corrected chi connectivity index (χ3v) is 3.29. The van der Waals surface area contributed by atoms with E-state index in [0.29, 0.717) is 5.92 Å². The molecular weight excluding hydrogens is 257 g/mol. The Morgan fingerprint density at radius 1 is 1.30 bits per heavy atom. The van der Waals surface area contributed by atoms with Gasteiger partial charge < -0.3 is 5.32 Å². The lowest BCUT2D eigenvalue weighted by Crippen LogP contribution is -2.24. The van der Waals surface area contributed by atoms with Crippen molar-refractivity contribution >= 4 is 5.91 Å². The summed E-state index contributed by atoms with van der Waals surface area (Å²) in [5.74, 6) is -0.417. The van der Waals surface area contributed by atoms with Gasteiger partial charge in [-0.3, -0.25) is 4.79 Å². The summed E-state index contributed by atoms with van der Waals surface area (Å²) >= 11 is 0. The molecule has 20 heavy (non-hydrogen) atoms. The van der Waals surface area contributed by atoms with Crippen LogP contribution in [0.2, 0.25) is 0 Å². The molecule has 1 aromatic heterocycles. The number of nitrogens with one attached hydrogen (secondary N) is 1. The van der Waals surface area contributed by atoms with Gasteiger partial charge in [-0.15, -0.1) is 0 Å². The second-order valence-electron chi connectivity index (χ2n) is 4.87. The number of rotatable bonds is 4. The highest BCUT2D eigenvalue weighted by Gasteiger charge is 2.25. The maximum absolute atomic E-state index is 13.5. The van der Waals surface area contributed by atoms with Crippen molar-refractivity contribution in [2.45, 2.75) is 25.3 Å². The number of aromatic nitrogens is 2. The molecule has 1 saturated carbocycles. The summed E-state index contributed by atoms with van der Waals surface area (Å²) in [7, 11) is 0. The van der Waals surface area contributed by atoms with Crippen LogP contribution in [-0.4, -0.2) is 15.9 Å². The Morgan fingerprint density at radius 3 is 2.85 bits per heavy atom. The van der Waals surface area contributed by atoms with Gasteiger partial charge >= 0.3 is 0 Å². The van der Waals surface area contributed by atoms with Crippen LogP contribution in [0, 0.1) is 5.82 Å². The Bertz CT molecular complexity index is 641. The molecular formula is C15H14FN3O. The quantitative estimate of drug-likeness (QED) is 0.929. The second-order valence-corrected chi connectivity index (χ2v) is 4.87. The van der Waals surface area contributed by atoms with Gasteiger partial charge in [-0.2, -0.15) is 0 Å². The molecule has 1 N–H and O–H groups in total. The van der Waals surface area contributed by atoms with E-state index < -0.39 is 11.7 Å².